The summed E-state index contributed by atoms with van der Waals surface area (Å²) in [6.07, 6.45) is 5.50. The lowest BCUT2D eigenvalue weighted by atomic mass is 10.2. The largest absolute Gasteiger partial charge is 0.355 e. The summed E-state index contributed by atoms with van der Waals surface area (Å²) < 4.78 is 0. The first-order valence-corrected chi connectivity index (χ1v) is 8.51. The molecule has 0 unspecified atom stereocenters. The van der Waals surface area contributed by atoms with E-state index >= 15 is 0 Å². The van der Waals surface area contributed by atoms with Crippen molar-refractivity contribution in [3.8, 4) is 0 Å². The topological polar surface area (TPSA) is 39.7 Å². The predicted octanol–water partition coefficient (Wildman–Crippen LogP) is 2.91. The fraction of sp³-hybridized carbons (Fsp3) is 0.667. The van der Waals surface area contributed by atoms with Crippen molar-refractivity contribution in [1.82, 2.24) is 15.5 Å². The summed E-state index contributed by atoms with van der Waals surface area (Å²) in [5.74, 6) is 0.894. The van der Waals surface area contributed by atoms with E-state index in [0.29, 0.717) is 0 Å². The van der Waals surface area contributed by atoms with Crippen LogP contribution < -0.4 is 10.6 Å². The number of rotatable bonds is 5. The zero-order valence-electron chi connectivity index (χ0n) is 12.8. The molecule has 1 aliphatic heterocycles. The maximum absolute atomic E-state index is 4.27. The zero-order chi connectivity index (χ0) is 14.0. The molecule has 0 amide bonds. The number of likely N-dealkylation sites (tertiary alicyclic amines) is 1. The van der Waals surface area contributed by atoms with Crippen LogP contribution in [0.3, 0.4) is 0 Å². The van der Waals surface area contributed by atoms with E-state index in [1.807, 2.05) is 7.05 Å². The van der Waals surface area contributed by atoms with Crippen LogP contribution in [0.1, 0.15) is 31.2 Å². The van der Waals surface area contributed by atoms with E-state index in [-0.39, 0.29) is 24.0 Å². The molecule has 0 aliphatic carbocycles. The Bertz CT molecular complexity index is 386. The van der Waals surface area contributed by atoms with Crippen LogP contribution in [0.5, 0.6) is 0 Å². The number of guanidine groups is 1. The molecule has 0 aromatic carbocycles. The molecule has 4 nitrogen and oxygen atoms in total. The number of nitrogens with zero attached hydrogens (tertiary/aromatic N) is 2. The van der Waals surface area contributed by atoms with E-state index in [4.69, 9.17) is 0 Å². The zero-order valence-corrected chi connectivity index (χ0v) is 16.0. The highest BCUT2D eigenvalue weighted by atomic mass is 127. The molecule has 0 saturated carbocycles. The molecule has 1 aromatic rings. The molecule has 1 saturated heterocycles. The second-order valence-corrected chi connectivity index (χ2v) is 6.02. The molecule has 1 fully saturated rings. The third-order valence-corrected chi connectivity index (χ3v) is 4.41. The Morgan fingerprint density at radius 1 is 1.24 bits per heavy atom. The van der Waals surface area contributed by atoms with Crippen molar-refractivity contribution >= 4 is 41.3 Å². The maximum atomic E-state index is 4.27. The average molecular weight is 422 g/mol. The average Bonchev–Trinajstić information content (AvgIpc) is 2.85. The van der Waals surface area contributed by atoms with Gasteiger partial charge in [0.1, 0.15) is 0 Å². The van der Waals surface area contributed by atoms with Crippen molar-refractivity contribution in [2.45, 2.75) is 32.2 Å². The molecule has 0 spiro atoms. The molecule has 0 radical (unpaired) electrons. The van der Waals surface area contributed by atoms with Gasteiger partial charge in [-0.3, -0.25) is 4.99 Å². The van der Waals surface area contributed by atoms with Gasteiger partial charge in [-0.1, -0.05) is 12.8 Å². The van der Waals surface area contributed by atoms with Gasteiger partial charge in [-0.15, -0.1) is 24.0 Å². The Kier molecular flexibility index (Phi) is 10.0. The number of hydrogen-bond donors (Lipinski definition) is 2. The molecular weight excluding hydrogens is 395 g/mol. The number of aliphatic imine (C=N–C) groups is 1. The second-order valence-electron chi connectivity index (χ2n) is 5.24. The normalized spacial score (nSPS) is 16.9. The minimum Gasteiger partial charge on any atom is -0.355 e. The van der Waals surface area contributed by atoms with Crippen molar-refractivity contribution in [3.63, 3.8) is 0 Å². The molecule has 2 heterocycles. The molecule has 2 N–H and O–H groups in total. The van der Waals surface area contributed by atoms with Crippen LogP contribution in [-0.4, -0.2) is 44.1 Å². The van der Waals surface area contributed by atoms with Gasteiger partial charge in [-0.05, 0) is 48.3 Å². The third kappa shape index (κ3) is 7.46. The van der Waals surface area contributed by atoms with Gasteiger partial charge < -0.3 is 15.5 Å². The lowest BCUT2D eigenvalue weighted by molar-refractivity contribution is 0.289. The van der Waals surface area contributed by atoms with Gasteiger partial charge in [0, 0.05) is 26.7 Å². The predicted molar refractivity (Wildman–Crippen MR) is 103 cm³/mol. The fourth-order valence-corrected chi connectivity index (χ4v) is 3.16. The van der Waals surface area contributed by atoms with Crippen molar-refractivity contribution < 1.29 is 0 Å². The Labute approximate surface area is 149 Å². The van der Waals surface area contributed by atoms with Gasteiger partial charge in [-0.2, -0.15) is 11.3 Å². The highest BCUT2D eigenvalue weighted by Crippen LogP contribution is 2.08. The van der Waals surface area contributed by atoms with Gasteiger partial charge in [-0.25, -0.2) is 0 Å². The molecule has 2 rings (SSSR count). The first-order chi connectivity index (χ1) is 9.88. The molecule has 21 heavy (non-hydrogen) atoms. The van der Waals surface area contributed by atoms with Gasteiger partial charge in [0.15, 0.2) is 5.96 Å². The Morgan fingerprint density at radius 2 is 2.00 bits per heavy atom. The van der Waals surface area contributed by atoms with Crippen LogP contribution in [0, 0.1) is 0 Å². The summed E-state index contributed by atoms with van der Waals surface area (Å²) in [7, 11) is 1.83. The molecule has 0 bridgehead atoms. The summed E-state index contributed by atoms with van der Waals surface area (Å²) >= 11 is 1.73. The molecule has 1 aliphatic rings. The van der Waals surface area contributed by atoms with E-state index < -0.39 is 0 Å². The van der Waals surface area contributed by atoms with Crippen molar-refractivity contribution in [2.24, 2.45) is 4.99 Å². The van der Waals surface area contributed by atoms with Crippen LogP contribution in [-0.2, 0) is 6.54 Å². The fourth-order valence-electron chi connectivity index (χ4n) is 2.49. The van der Waals surface area contributed by atoms with E-state index in [1.54, 1.807) is 11.3 Å². The summed E-state index contributed by atoms with van der Waals surface area (Å²) in [6, 6.07) is 2.14. The van der Waals surface area contributed by atoms with E-state index in [9.17, 15) is 0 Å². The Balaban J connectivity index is 0.00000220. The Hall–Kier alpha value is -0.340. The number of halogens is 1. The quantitative estimate of drug-likeness (QED) is 0.436. The smallest absolute Gasteiger partial charge is 0.191 e. The van der Waals surface area contributed by atoms with Crippen molar-refractivity contribution in [3.05, 3.63) is 22.4 Å². The number of hydrogen-bond acceptors (Lipinski definition) is 3. The number of thiophene rings is 1. The van der Waals surface area contributed by atoms with Crippen LogP contribution in [0.25, 0.3) is 0 Å². The summed E-state index contributed by atoms with van der Waals surface area (Å²) in [4.78, 5) is 6.83. The first kappa shape index (κ1) is 18.7. The van der Waals surface area contributed by atoms with Crippen LogP contribution >= 0.6 is 35.3 Å². The molecule has 1 aromatic heterocycles. The van der Waals surface area contributed by atoms with Crippen LogP contribution in [0.15, 0.2) is 21.8 Å². The summed E-state index contributed by atoms with van der Waals surface area (Å²) in [5.41, 5.74) is 1.31. The van der Waals surface area contributed by atoms with Gasteiger partial charge >= 0.3 is 0 Å². The standard InChI is InChI=1S/C15H26N4S.HI/c1-16-15(18-12-14-6-11-20-13-14)17-7-10-19-8-4-2-3-5-9-19;/h6,11,13H,2-5,7-10,12H2,1H3,(H2,16,17,18);1H. The van der Waals surface area contributed by atoms with E-state index in [2.05, 4.69) is 37.4 Å². The Morgan fingerprint density at radius 3 is 2.62 bits per heavy atom. The minimum atomic E-state index is 0. The van der Waals surface area contributed by atoms with Crippen molar-refractivity contribution in [1.29, 1.82) is 0 Å². The number of nitrogens with one attached hydrogen (secondary N) is 2. The molecular formula is C15H27IN4S. The van der Waals surface area contributed by atoms with Gasteiger partial charge in [0.05, 0.1) is 0 Å². The SMILES string of the molecule is CN=C(NCCN1CCCCCC1)NCc1ccsc1.I. The van der Waals surface area contributed by atoms with Crippen molar-refractivity contribution in [2.75, 3.05) is 33.2 Å². The molecule has 0 atom stereocenters. The maximum Gasteiger partial charge on any atom is 0.191 e. The first-order valence-electron chi connectivity index (χ1n) is 7.56. The van der Waals surface area contributed by atoms with E-state index in [1.165, 1.54) is 44.3 Å². The third-order valence-electron chi connectivity index (χ3n) is 3.68. The highest BCUT2D eigenvalue weighted by Gasteiger charge is 2.08. The van der Waals surface area contributed by atoms with Gasteiger partial charge in [0.2, 0.25) is 0 Å². The highest BCUT2D eigenvalue weighted by molar-refractivity contribution is 14.0. The lowest BCUT2D eigenvalue weighted by Crippen LogP contribution is -2.41. The summed E-state index contributed by atoms with van der Waals surface area (Å²) in [6.45, 7) is 5.42. The lowest BCUT2D eigenvalue weighted by Gasteiger charge is -2.20. The van der Waals surface area contributed by atoms with Crippen LogP contribution in [0.4, 0.5) is 0 Å². The van der Waals surface area contributed by atoms with Gasteiger partial charge in [0.25, 0.3) is 0 Å². The van der Waals surface area contributed by atoms with Crippen LogP contribution in [0.2, 0.25) is 0 Å². The molecule has 120 valence electrons. The van der Waals surface area contributed by atoms with E-state index in [0.717, 1.165) is 25.6 Å². The molecule has 6 heteroatoms. The monoisotopic (exact) mass is 422 g/mol. The summed E-state index contributed by atoms with van der Waals surface area (Å²) in [5, 5.41) is 11.0. The minimum absolute atomic E-state index is 0. The second kappa shape index (κ2) is 11.3.